The first-order valence-electron chi connectivity index (χ1n) is 7.72. The number of hydrogen-bond donors (Lipinski definition) is 1. The second kappa shape index (κ2) is 6.33. The van der Waals surface area contributed by atoms with Crippen LogP contribution in [0.4, 0.5) is 4.79 Å². The second-order valence-electron chi connectivity index (χ2n) is 7.94. The standard InChI is InChI=1S/C16H32N2O2/c1-12(2)16(6,7)11-17-13-8-9-18(10-13)14(19)20-15(3,4)5/h12-13,17H,8-11H2,1-7H3. The zero-order valence-corrected chi connectivity index (χ0v) is 14.2. The maximum atomic E-state index is 12.0. The van der Waals surface area contributed by atoms with Crippen molar-refractivity contribution < 1.29 is 9.53 Å². The van der Waals surface area contributed by atoms with Crippen LogP contribution in [0.2, 0.25) is 0 Å². The fourth-order valence-electron chi connectivity index (χ4n) is 2.03. The third-order valence-electron chi connectivity index (χ3n) is 4.25. The van der Waals surface area contributed by atoms with Crippen molar-refractivity contribution in [2.24, 2.45) is 11.3 Å². The summed E-state index contributed by atoms with van der Waals surface area (Å²) in [6.45, 7) is 17.3. The van der Waals surface area contributed by atoms with Crippen LogP contribution in [0.1, 0.15) is 54.9 Å². The van der Waals surface area contributed by atoms with E-state index in [0.717, 1.165) is 26.1 Å². The van der Waals surface area contributed by atoms with Gasteiger partial charge in [-0.05, 0) is 38.5 Å². The Labute approximate surface area is 124 Å². The van der Waals surface area contributed by atoms with E-state index in [-0.39, 0.29) is 11.5 Å². The molecule has 1 heterocycles. The molecule has 1 N–H and O–H groups in total. The molecule has 4 heteroatoms. The zero-order chi connectivity index (χ0) is 15.6. The molecule has 1 atom stereocenters. The number of ether oxygens (including phenoxy) is 1. The third-order valence-corrected chi connectivity index (χ3v) is 4.25. The molecule has 4 nitrogen and oxygen atoms in total. The predicted molar refractivity (Wildman–Crippen MR) is 82.8 cm³/mol. The molecular formula is C16H32N2O2. The number of carbonyl (C=O) groups excluding carboxylic acids is 1. The maximum Gasteiger partial charge on any atom is 0.410 e. The van der Waals surface area contributed by atoms with Gasteiger partial charge in [0.25, 0.3) is 0 Å². The van der Waals surface area contributed by atoms with Crippen LogP contribution in [0.25, 0.3) is 0 Å². The molecule has 0 bridgehead atoms. The summed E-state index contributed by atoms with van der Waals surface area (Å²) < 4.78 is 5.41. The van der Waals surface area contributed by atoms with E-state index in [9.17, 15) is 4.79 Å². The highest BCUT2D eigenvalue weighted by Crippen LogP contribution is 2.25. The van der Waals surface area contributed by atoms with Crippen molar-refractivity contribution in [3.63, 3.8) is 0 Å². The molecule has 1 aliphatic heterocycles. The van der Waals surface area contributed by atoms with Gasteiger partial charge in [0.15, 0.2) is 0 Å². The highest BCUT2D eigenvalue weighted by atomic mass is 16.6. The van der Waals surface area contributed by atoms with Gasteiger partial charge in [0.1, 0.15) is 5.60 Å². The fourth-order valence-corrected chi connectivity index (χ4v) is 2.03. The van der Waals surface area contributed by atoms with Gasteiger partial charge in [0.05, 0.1) is 0 Å². The topological polar surface area (TPSA) is 41.6 Å². The average molecular weight is 284 g/mol. The van der Waals surface area contributed by atoms with Crippen LogP contribution < -0.4 is 5.32 Å². The molecule has 1 saturated heterocycles. The van der Waals surface area contributed by atoms with Crippen molar-refractivity contribution in [1.82, 2.24) is 10.2 Å². The van der Waals surface area contributed by atoms with Crippen LogP contribution in [0, 0.1) is 11.3 Å². The van der Waals surface area contributed by atoms with Crippen molar-refractivity contribution >= 4 is 6.09 Å². The minimum absolute atomic E-state index is 0.190. The Hall–Kier alpha value is -0.770. The minimum Gasteiger partial charge on any atom is -0.444 e. The lowest BCUT2D eigenvalue weighted by molar-refractivity contribution is 0.0290. The van der Waals surface area contributed by atoms with Gasteiger partial charge in [-0.1, -0.05) is 27.7 Å². The second-order valence-corrected chi connectivity index (χ2v) is 7.94. The molecule has 1 fully saturated rings. The van der Waals surface area contributed by atoms with E-state index in [2.05, 4.69) is 33.0 Å². The molecular weight excluding hydrogens is 252 g/mol. The van der Waals surface area contributed by atoms with Gasteiger partial charge >= 0.3 is 6.09 Å². The quantitative estimate of drug-likeness (QED) is 0.861. The summed E-state index contributed by atoms with van der Waals surface area (Å²) >= 11 is 0. The molecule has 0 aromatic heterocycles. The van der Waals surface area contributed by atoms with E-state index in [1.54, 1.807) is 0 Å². The van der Waals surface area contributed by atoms with E-state index < -0.39 is 5.60 Å². The summed E-state index contributed by atoms with van der Waals surface area (Å²) in [6, 6.07) is 0.389. The number of amides is 1. The summed E-state index contributed by atoms with van der Waals surface area (Å²) in [4.78, 5) is 13.8. The summed E-state index contributed by atoms with van der Waals surface area (Å²) in [5.41, 5.74) is -0.137. The first kappa shape index (κ1) is 17.3. The predicted octanol–water partition coefficient (Wildman–Crippen LogP) is 3.27. The molecule has 0 spiro atoms. The van der Waals surface area contributed by atoms with E-state index in [1.807, 2.05) is 25.7 Å². The van der Waals surface area contributed by atoms with E-state index in [1.165, 1.54) is 0 Å². The lowest BCUT2D eigenvalue weighted by Gasteiger charge is -2.31. The highest BCUT2D eigenvalue weighted by molar-refractivity contribution is 5.68. The van der Waals surface area contributed by atoms with Gasteiger partial charge in [0, 0.05) is 25.7 Å². The molecule has 0 aromatic rings. The summed E-state index contributed by atoms with van der Waals surface area (Å²) in [5.74, 6) is 0.637. The summed E-state index contributed by atoms with van der Waals surface area (Å²) in [6.07, 6.45) is 0.817. The fraction of sp³-hybridized carbons (Fsp3) is 0.938. The van der Waals surface area contributed by atoms with Crippen molar-refractivity contribution in [2.45, 2.75) is 66.5 Å². The molecule has 0 radical (unpaired) electrons. The number of likely N-dealkylation sites (tertiary alicyclic amines) is 1. The Morgan fingerprint density at radius 3 is 2.40 bits per heavy atom. The van der Waals surface area contributed by atoms with Crippen LogP contribution in [0.3, 0.4) is 0 Å². The molecule has 1 rings (SSSR count). The molecule has 20 heavy (non-hydrogen) atoms. The molecule has 118 valence electrons. The largest absolute Gasteiger partial charge is 0.444 e. The Morgan fingerprint density at radius 2 is 1.90 bits per heavy atom. The van der Waals surface area contributed by atoms with Crippen molar-refractivity contribution in [2.75, 3.05) is 19.6 Å². The summed E-state index contributed by atoms with van der Waals surface area (Å²) in [5, 5.41) is 3.60. The van der Waals surface area contributed by atoms with Gasteiger partial charge < -0.3 is 15.0 Å². The van der Waals surface area contributed by atoms with Crippen molar-refractivity contribution in [3.05, 3.63) is 0 Å². The first-order chi connectivity index (χ1) is 9.01. The molecule has 0 aromatic carbocycles. The van der Waals surface area contributed by atoms with Crippen LogP contribution in [0.5, 0.6) is 0 Å². The number of hydrogen-bond acceptors (Lipinski definition) is 3. The van der Waals surface area contributed by atoms with Gasteiger partial charge in [0.2, 0.25) is 0 Å². The maximum absolute atomic E-state index is 12.0. The van der Waals surface area contributed by atoms with Crippen LogP contribution in [-0.4, -0.2) is 42.3 Å². The Balaban J connectivity index is 2.39. The van der Waals surface area contributed by atoms with Crippen molar-refractivity contribution in [1.29, 1.82) is 0 Å². The number of nitrogens with one attached hydrogen (secondary N) is 1. The van der Waals surface area contributed by atoms with E-state index in [0.29, 0.717) is 12.0 Å². The Morgan fingerprint density at radius 1 is 1.30 bits per heavy atom. The lowest BCUT2D eigenvalue weighted by atomic mass is 9.81. The number of rotatable bonds is 4. The smallest absolute Gasteiger partial charge is 0.410 e. The van der Waals surface area contributed by atoms with E-state index >= 15 is 0 Å². The minimum atomic E-state index is -0.414. The van der Waals surface area contributed by atoms with Crippen LogP contribution >= 0.6 is 0 Å². The van der Waals surface area contributed by atoms with Crippen LogP contribution in [0.15, 0.2) is 0 Å². The van der Waals surface area contributed by atoms with E-state index in [4.69, 9.17) is 4.74 Å². The number of nitrogens with zero attached hydrogens (tertiary/aromatic N) is 1. The van der Waals surface area contributed by atoms with Gasteiger partial charge in [-0.2, -0.15) is 0 Å². The van der Waals surface area contributed by atoms with Crippen molar-refractivity contribution in [3.8, 4) is 0 Å². The summed E-state index contributed by atoms with van der Waals surface area (Å²) in [7, 11) is 0. The monoisotopic (exact) mass is 284 g/mol. The Bertz CT molecular complexity index is 332. The number of carbonyl (C=O) groups is 1. The average Bonchev–Trinajstić information content (AvgIpc) is 2.72. The molecule has 0 saturated carbocycles. The Kier molecular flexibility index (Phi) is 5.47. The van der Waals surface area contributed by atoms with Crippen LogP contribution in [-0.2, 0) is 4.74 Å². The van der Waals surface area contributed by atoms with Gasteiger partial charge in [-0.15, -0.1) is 0 Å². The molecule has 0 aliphatic carbocycles. The first-order valence-corrected chi connectivity index (χ1v) is 7.72. The van der Waals surface area contributed by atoms with Gasteiger partial charge in [-0.25, -0.2) is 4.79 Å². The van der Waals surface area contributed by atoms with Gasteiger partial charge in [-0.3, -0.25) is 0 Å². The third kappa shape index (κ3) is 5.31. The SMILES string of the molecule is CC(C)C(C)(C)CNC1CCN(C(=O)OC(C)(C)C)C1. The molecule has 1 amide bonds. The zero-order valence-electron chi connectivity index (χ0n) is 14.2. The lowest BCUT2D eigenvalue weighted by Crippen LogP contribution is -2.42. The molecule has 1 unspecified atom stereocenters. The normalized spacial score (nSPS) is 20.6. The highest BCUT2D eigenvalue weighted by Gasteiger charge is 2.31. The molecule has 1 aliphatic rings.